The first kappa shape index (κ1) is 60.8. The number of hydrogen-bond acceptors (Lipinski definition) is 11. The van der Waals surface area contributed by atoms with Crippen molar-refractivity contribution in [2.45, 2.75) is 302 Å². The van der Waals surface area contributed by atoms with Gasteiger partial charge in [-0.15, -0.1) is 0 Å². The molecule has 0 saturated carbocycles. The van der Waals surface area contributed by atoms with E-state index in [9.17, 15) is 0 Å². The van der Waals surface area contributed by atoms with Gasteiger partial charge in [-0.1, -0.05) is 152 Å². The lowest BCUT2D eigenvalue weighted by Crippen LogP contribution is -2.64. The fourth-order valence-corrected chi connectivity index (χ4v) is 14.2. The van der Waals surface area contributed by atoms with Gasteiger partial charge in [-0.05, 0) is 105 Å². The summed E-state index contributed by atoms with van der Waals surface area (Å²) in [5.74, 6) is 3.14. The fourth-order valence-electron chi connectivity index (χ4n) is 14.2. The highest BCUT2D eigenvalue weighted by molar-refractivity contribution is 4.98. The minimum atomic E-state index is -0.861. The van der Waals surface area contributed by atoms with Crippen LogP contribution in [0, 0.1) is 88.8 Å². The van der Waals surface area contributed by atoms with Crippen molar-refractivity contribution in [2.24, 2.45) is 88.8 Å². The summed E-state index contributed by atoms with van der Waals surface area (Å²) in [5, 5.41) is 0. The van der Waals surface area contributed by atoms with Crippen molar-refractivity contribution in [3.8, 4) is 0 Å². The molecule has 6 rings (SSSR count). The van der Waals surface area contributed by atoms with Gasteiger partial charge in [0.05, 0.1) is 61.0 Å². The molecule has 0 aromatic rings. The quantitative estimate of drug-likeness (QED) is 0.131. The Bertz CT molecular complexity index is 1630. The first-order chi connectivity index (χ1) is 33.9. The number of hydrogen-bond donors (Lipinski definition) is 0. The Kier molecular flexibility index (Phi) is 21.6. The predicted octanol–water partition coefficient (Wildman–Crippen LogP) is 13.7. The Morgan fingerprint density at radius 1 is 0.417 bits per heavy atom. The summed E-state index contributed by atoms with van der Waals surface area (Å²) in [6.07, 6.45) is 1.34. The molecule has 6 fully saturated rings. The lowest BCUT2D eigenvalue weighted by Gasteiger charge is -2.55. The van der Waals surface area contributed by atoms with Crippen LogP contribution in [0.1, 0.15) is 198 Å². The van der Waals surface area contributed by atoms with Crippen molar-refractivity contribution in [3.63, 3.8) is 0 Å². The molecule has 0 aliphatic carbocycles. The molecule has 0 N–H and O–H groups in total. The van der Waals surface area contributed by atoms with E-state index in [-0.39, 0.29) is 109 Å². The van der Waals surface area contributed by atoms with Gasteiger partial charge in [0.25, 0.3) is 0 Å². The maximum Gasteiger partial charge on any atom is 0.184 e. The lowest BCUT2D eigenvalue weighted by molar-refractivity contribution is -0.395. The van der Waals surface area contributed by atoms with Gasteiger partial charge in [0.15, 0.2) is 30.9 Å². The van der Waals surface area contributed by atoms with E-state index in [1.807, 2.05) is 0 Å². The van der Waals surface area contributed by atoms with E-state index in [0.717, 1.165) is 32.1 Å². The second-order valence-electron chi connectivity index (χ2n) is 25.9. The number of ether oxygens (including phenoxy) is 11. The van der Waals surface area contributed by atoms with Crippen LogP contribution in [0.25, 0.3) is 0 Å². The van der Waals surface area contributed by atoms with Crippen molar-refractivity contribution in [1.82, 2.24) is 0 Å². The van der Waals surface area contributed by atoms with E-state index in [4.69, 9.17) is 52.1 Å². The van der Waals surface area contributed by atoms with Gasteiger partial charge in [-0.25, -0.2) is 0 Å². The maximum atomic E-state index is 7.65. The van der Waals surface area contributed by atoms with Gasteiger partial charge in [0.2, 0.25) is 0 Å². The van der Waals surface area contributed by atoms with Crippen LogP contribution in [-0.2, 0) is 52.1 Å². The Morgan fingerprint density at radius 3 is 1.49 bits per heavy atom. The number of rotatable bonds is 18. The molecule has 6 aliphatic rings. The van der Waals surface area contributed by atoms with Crippen LogP contribution >= 0.6 is 0 Å². The van der Waals surface area contributed by atoms with E-state index in [2.05, 4.69) is 159 Å². The average Bonchev–Trinajstić information content (AvgIpc) is 3.35. The molecule has 0 aromatic heterocycles. The summed E-state index contributed by atoms with van der Waals surface area (Å²) in [5.41, 5.74) is 0. The third-order valence-electron chi connectivity index (χ3n) is 20.9. The van der Waals surface area contributed by atoms with Gasteiger partial charge < -0.3 is 52.1 Å². The van der Waals surface area contributed by atoms with E-state index in [1.54, 1.807) is 0 Å². The largest absolute Gasteiger partial charge is 0.372 e. The van der Waals surface area contributed by atoms with Crippen LogP contribution in [0.3, 0.4) is 0 Å². The molecule has 11 nitrogen and oxygen atoms in total. The topological polar surface area (TPSA) is 102 Å². The summed E-state index contributed by atoms with van der Waals surface area (Å²) in [6, 6.07) is 0. The van der Waals surface area contributed by atoms with E-state index in [0.29, 0.717) is 53.8 Å². The fraction of sp³-hybridized carbons (Fsp3) is 1.00. The summed E-state index contributed by atoms with van der Waals surface area (Å²) >= 11 is 0. The van der Waals surface area contributed by atoms with Gasteiger partial charge in [-0.3, -0.25) is 0 Å². The van der Waals surface area contributed by atoms with Crippen molar-refractivity contribution in [1.29, 1.82) is 0 Å². The van der Waals surface area contributed by atoms with Crippen molar-refractivity contribution in [3.05, 3.63) is 0 Å². The van der Waals surface area contributed by atoms with Crippen molar-refractivity contribution >= 4 is 0 Å². The smallest absolute Gasteiger partial charge is 0.184 e. The van der Waals surface area contributed by atoms with Crippen LogP contribution in [0.5, 0.6) is 0 Å². The van der Waals surface area contributed by atoms with Crippen LogP contribution in [-0.4, -0.2) is 104 Å². The zero-order valence-electron chi connectivity index (χ0n) is 50.1. The molecule has 11 heteroatoms. The minimum absolute atomic E-state index is 0.0371. The summed E-state index contributed by atoms with van der Waals surface area (Å²) in [6.45, 7) is 52.3. The minimum Gasteiger partial charge on any atom is -0.372 e. The molecule has 72 heavy (non-hydrogen) atoms. The van der Waals surface area contributed by atoms with Gasteiger partial charge in [0, 0.05) is 30.1 Å². The second kappa shape index (κ2) is 25.6. The first-order valence-corrected chi connectivity index (χ1v) is 30.1. The highest BCUT2D eigenvalue weighted by atomic mass is 16.8. The SMILES string of the molecule is CCC1O[C@@H](C(C)C)C(C)[C@@H](C)[C@@H]1O[C@@H]1OC(CC)[C@H](O[C@@H]2OC(CC)[C@H](C)[C@H](O[C@@H]3OC(CC)[C@H](C)[C@H](C)C3O[C@@H]3OC(C)[C@@H](C)[C@H](C)C3C)C2C)[C@H](O[C@]2(C)C[C@@H](C)[C@@H](C)C([C@H](C)[C@H](C)CC)O2)C1C. The summed E-state index contributed by atoms with van der Waals surface area (Å²) in [7, 11) is 0. The third kappa shape index (κ3) is 12.7. The average molecular weight is 1020 g/mol. The van der Waals surface area contributed by atoms with Crippen molar-refractivity contribution in [2.75, 3.05) is 0 Å². The van der Waals surface area contributed by atoms with E-state index >= 15 is 0 Å². The zero-order valence-corrected chi connectivity index (χ0v) is 50.1. The molecule has 0 bridgehead atoms. The summed E-state index contributed by atoms with van der Waals surface area (Å²) < 4.78 is 79.3. The molecule has 422 valence electrons. The Morgan fingerprint density at radius 2 is 0.903 bits per heavy atom. The predicted molar refractivity (Wildman–Crippen MR) is 286 cm³/mol. The molecule has 11 unspecified atom stereocenters. The maximum absolute atomic E-state index is 7.65. The molecule has 0 amide bonds. The monoisotopic (exact) mass is 1020 g/mol. The van der Waals surface area contributed by atoms with Gasteiger partial charge in [-0.2, -0.15) is 0 Å². The Hall–Kier alpha value is -0.440. The molecule has 6 aliphatic heterocycles. The van der Waals surface area contributed by atoms with Crippen molar-refractivity contribution < 1.29 is 52.1 Å². The van der Waals surface area contributed by atoms with Crippen LogP contribution < -0.4 is 0 Å². The highest BCUT2D eigenvalue weighted by Gasteiger charge is 2.56. The second-order valence-corrected chi connectivity index (χ2v) is 25.9. The molecule has 0 radical (unpaired) electrons. The van der Waals surface area contributed by atoms with Gasteiger partial charge in [0.1, 0.15) is 12.2 Å². The Balaban J connectivity index is 1.33. The van der Waals surface area contributed by atoms with E-state index in [1.165, 1.54) is 0 Å². The van der Waals surface area contributed by atoms with Crippen LogP contribution in [0.4, 0.5) is 0 Å². The highest BCUT2D eigenvalue weighted by Crippen LogP contribution is 2.48. The molecule has 6 saturated heterocycles. The van der Waals surface area contributed by atoms with Gasteiger partial charge >= 0.3 is 0 Å². The third-order valence-corrected chi connectivity index (χ3v) is 20.9. The Labute approximate surface area is 441 Å². The first-order valence-electron chi connectivity index (χ1n) is 30.1. The molecule has 6 heterocycles. The molecular weight excluding hydrogens is 909 g/mol. The molecule has 31 atom stereocenters. The molecular formula is C61H112O11. The standard InChI is InChI=1S/C61H112O11/c1-24-31(8)33(10)52-34(11)32(9)29-61(23,71-52)72-54-44(21)59(68-53-40(17)39(16)50(30(6)7)63-48(53)27-4)66-49(28-5)56(54)70-58-43(20)51(42(19)47(26-3)64-58)67-60-55(38(15)37(14)46(25-2)65-60)69-57-41(18)35(12)36(13)45(22)62-57/h30-60H,24-29H2,1-23H3/t31-,32-,33-,34-,35+,36+,37-,38+,39?,40-,41?,42+,43?,44?,45?,46?,47?,48?,49?,50+,51+,52?,53+,54-,55?,56+,57+,58+,59+,60+,61-/m1/s1. The van der Waals surface area contributed by atoms with Crippen LogP contribution in [0.2, 0.25) is 0 Å². The molecule has 0 spiro atoms. The normalized spacial score (nSPS) is 51.5. The summed E-state index contributed by atoms with van der Waals surface area (Å²) in [4.78, 5) is 0. The lowest BCUT2D eigenvalue weighted by atomic mass is 9.74. The van der Waals surface area contributed by atoms with E-state index < -0.39 is 36.9 Å². The van der Waals surface area contributed by atoms with Crippen LogP contribution in [0.15, 0.2) is 0 Å². The zero-order chi connectivity index (χ0) is 53.4. The molecule has 0 aromatic carbocycles.